The summed E-state index contributed by atoms with van der Waals surface area (Å²) in [5, 5.41) is 10.2. The van der Waals surface area contributed by atoms with E-state index in [1.165, 1.54) is 0 Å². The molecule has 19 heavy (non-hydrogen) atoms. The van der Waals surface area contributed by atoms with Crippen molar-refractivity contribution in [3.63, 3.8) is 0 Å². The van der Waals surface area contributed by atoms with Gasteiger partial charge in [-0.1, -0.05) is 26.0 Å². The first-order chi connectivity index (χ1) is 8.96. The Kier molecular flexibility index (Phi) is 3.92. The number of hydrogen-bond donors (Lipinski definition) is 1. The van der Waals surface area contributed by atoms with Crippen molar-refractivity contribution in [3.8, 4) is 0 Å². The average molecular weight is 263 g/mol. The van der Waals surface area contributed by atoms with Crippen molar-refractivity contribution in [3.05, 3.63) is 35.4 Å². The van der Waals surface area contributed by atoms with Gasteiger partial charge in [-0.25, -0.2) is 0 Å². The molecule has 0 atom stereocenters. The van der Waals surface area contributed by atoms with Crippen molar-refractivity contribution in [1.82, 2.24) is 4.90 Å². The van der Waals surface area contributed by atoms with Crippen LogP contribution in [0.3, 0.4) is 0 Å². The summed E-state index contributed by atoms with van der Waals surface area (Å²) in [4.78, 5) is 13.9. The molecule has 0 radical (unpaired) electrons. The topological polar surface area (TPSA) is 49.8 Å². The molecule has 0 bridgehead atoms. The number of hydrogen-bond acceptors (Lipinski definition) is 3. The Balaban J connectivity index is 1.98. The van der Waals surface area contributed by atoms with Crippen LogP contribution in [0.25, 0.3) is 0 Å². The van der Waals surface area contributed by atoms with Gasteiger partial charge in [0.25, 0.3) is 5.91 Å². The largest absolute Gasteiger partial charge is 0.386 e. The lowest BCUT2D eigenvalue weighted by Gasteiger charge is -2.49. The molecule has 1 aromatic rings. The van der Waals surface area contributed by atoms with Gasteiger partial charge in [-0.05, 0) is 23.6 Å². The van der Waals surface area contributed by atoms with Gasteiger partial charge in [-0.15, -0.1) is 0 Å². The summed E-state index contributed by atoms with van der Waals surface area (Å²) >= 11 is 0. The highest BCUT2D eigenvalue weighted by atomic mass is 16.5. The molecule has 0 aliphatic carbocycles. The third-order valence-electron chi connectivity index (χ3n) is 3.80. The van der Waals surface area contributed by atoms with E-state index in [-0.39, 0.29) is 11.8 Å². The van der Waals surface area contributed by atoms with E-state index in [0.29, 0.717) is 25.3 Å². The number of β-amino-alcohol motifs (C(OH)–C–C–N with tert-alkyl or cyclic N) is 1. The van der Waals surface area contributed by atoms with E-state index in [1.807, 2.05) is 38.1 Å². The lowest BCUT2D eigenvalue weighted by molar-refractivity contribution is -0.110. The Labute approximate surface area is 114 Å². The van der Waals surface area contributed by atoms with E-state index in [2.05, 4.69) is 0 Å². The molecule has 0 aromatic heterocycles. The molecule has 1 amide bonds. The number of carbonyl (C=O) groups is 1. The molecule has 4 nitrogen and oxygen atoms in total. The van der Waals surface area contributed by atoms with E-state index < -0.39 is 5.60 Å². The number of likely N-dealkylation sites (tertiary alicyclic amines) is 1. The minimum atomic E-state index is -0.717. The molecule has 0 saturated carbocycles. The van der Waals surface area contributed by atoms with Crippen molar-refractivity contribution in [2.75, 3.05) is 20.2 Å². The predicted molar refractivity (Wildman–Crippen MR) is 72.8 cm³/mol. The maximum absolute atomic E-state index is 12.2. The van der Waals surface area contributed by atoms with Crippen LogP contribution in [0.4, 0.5) is 0 Å². The molecule has 1 saturated heterocycles. The second-order valence-corrected chi connectivity index (χ2v) is 5.55. The van der Waals surface area contributed by atoms with Crippen molar-refractivity contribution in [1.29, 1.82) is 0 Å². The highest BCUT2D eigenvalue weighted by molar-refractivity contribution is 5.95. The lowest BCUT2D eigenvalue weighted by atomic mass is 9.82. The van der Waals surface area contributed by atoms with Gasteiger partial charge < -0.3 is 14.7 Å². The highest BCUT2D eigenvalue weighted by Gasteiger charge is 2.45. The number of amides is 1. The van der Waals surface area contributed by atoms with Crippen LogP contribution < -0.4 is 0 Å². The van der Waals surface area contributed by atoms with Gasteiger partial charge >= 0.3 is 0 Å². The maximum Gasteiger partial charge on any atom is 0.254 e. The second-order valence-electron chi connectivity index (χ2n) is 5.55. The Morgan fingerprint density at radius 1 is 1.37 bits per heavy atom. The standard InChI is InChI=1S/C15H21NO3/c1-11(2)15(18)9-16(10-15)14(17)13-6-4-12(5-7-13)8-19-3/h4-7,11,18H,8-10H2,1-3H3. The van der Waals surface area contributed by atoms with Crippen molar-refractivity contribution >= 4 is 5.91 Å². The van der Waals surface area contributed by atoms with Gasteiger partial charge in [-0.2, -0.15) is 0 Å². The SMILES string of the molecule is COCc1ccc(C(=O)N2CC(O)(C(C)C)C2)cc1. The van der Waals surface area contributed by atoms with Crippen molar-refractivity contribution < 1.29 is 14.6 Å². The second kappa shape index (κ2) is 5.31. The molecule has 0 spiro atoms. The normalized spacial score (nSPS) is 17.4. The molecule has 1 fully saturated rings. The van der Waals surface area contributed by atoms with Crippen LogP contribution >= 0.6 is 0 Å². The fraction of sp³-hybridized carbons (Fsp3) is 0.533. The lowest BCUT2D eigenvalue weighted by Crippen LogP contribution is -2.65. The fourth-order valence-corrected chi connectivity index (χ4v) is 2.22. The van der Waals surface area contributed by atoms with Gasteiger partial charge in [0.1, 0.15) is 5.60 Å². The first kappa shape index (κ1) is 14.0. The molecule has 1 aliphatic heterocycles. The fourth-order valence-electron chi connectivity index (χ4n) is 2.22. The van der Waals surface area contributed by atoms with Crippen LogP contribution in [0.2, 0.25) is 0 Å². The number of benzene rings is 1. The van der Waals surface area contributed by atoms with Crippen LogP contribution in [0, 0.1) is 5.92 Å². The summed E-state index contributed by atoms with van der Waals surface area (Å²) < 4.78 is 5.03. The first-order valence-corrected chi connectivity index (χ1v) is 6.56. The minimum Gasteiger partial charge on any atom is -0.386 e. The quantitative estimate of drug-likeness (QED) is 0.899. The summed E-state index contributed by atoms with van der Waals surface area (Å²) in [6, 6.07) is 7.41. The summed E-state index contributed by atoms with van der Waals surface area (Å²) in [7, 11) is 1.64. The smallest absolute Gasteiger partial charge is 0.254 e. The molecule has 1 aromatic carbocycles. The van der Waals surface area contributed by atoms with E-state index >= 15 is 0 Å². The van der Waals surface area contributed by atoms with E-state index in [0.717, 1.165) is 5.56 Å². The summed E-state index contributed by atoms with van der Waals surface area (Å²) in [5.74, 6) is 0.148. The summed E-state index contributed by atoms with van der Waals surface area (Å²) in [5.41, 5.74) is 0.984. The minimum absolute atomic E-state index is 0.0192. The monoisotopic (exact) mass is 263 g/mol. The van der Waals surface area contributed by atoms with Crippen LogP contribution in [0.15, 0.2) is 24.3 Å². The number of methoxy groups -OCH3 is 1. The molecule has 4 heteroatoms. The number of carbonyl (C=O) groups excluding carboxylic acids is 1. The molecule has 1 N–H and O–H groups in total. The van der Waals surface area contributed by atoms with E-state index in [1.54, 1.807) is 12.0 Å². The van der Waals surface area contributed by atoms with Gasteiger partial charge in [-0.3, -0.25) is 4.79 Å². The number of aliphatic hydroxyl groups is 1. The molecule has 0 unspecified atom stereocenters. The molecule has 104 valence electrons. The van der Waals surface area contributed by atoms with E-state index in [9.17, 15) is 9.90 Å². The van der Waals surface area contributed by atoms with E-state index in [4.69, 9.17) is 4.74 Å². The molecular weight excluding hydrogens is 242 g/mol. The van der Waals surface area contributed by atoms with Crippen LogP contribution in [0.5, 0.6) is 0 Å². The predicted octanol–water partition coefficient (Wildman–Crippen LogP) is 1.68. The molecule has 2 rings (SSSR count). The van der Waals surface area contributed by atoms with Crippen molar-refractivity contribution in [2.45, 2.75) is 26.1 Å². The first-order valence-electron chi connectivity index (χ1n) is 6.56. The molecule has 1 heterocycles. The summed E-state index contributed by atoms with van der Waals surface area (Å²) in [6.07, 6.45) is 0. The van der Waals surface area contributed by atoms with Crippen LogP contribution in [0.1, 0.15) is 29.8 Å². The average Bonchev–Trinajstić information content (AvgIpc) is 2.35. The van der Waals surface area contributed by atoms with Gasteiger partial charge in [0.15, 0.2) is 0 Å². The Morgan fingerprint density at radius 2 is 1.95 bits per heavy atom. The van der Waals surface area contributed by atoms with Gasteiger partial charge in [0, 0.05) is 12.7 Å². The Morgan fingerprint density at radius 3 is 2.42 bits per heavy atom. The number of nitrogens with zero attached hydrogens (tertiary/aromatic N) is 1. The van der Waals surface area contributed by atoms with Crippen molar-refractivity contribution in [2.24, 2.45) is 5.92 Å². The van der Waals surface area contributed by atoms with Gasteiger partial charge in [0.2, 0.25) is 0 Å². The zero-order chi connectivity index (χ0) is 14.0. The van der Waals surface area contributed by atoms with Crippen LogP contribution in [-0.4, -0.2) is 41.7 Å². The zero-order valence-electron chi connectivity index (χ0n) is 11.7. The Hall–Kier alpha value is -1.39. The van der Waals surface area contributed by atoms with Crippen LogP contribution in [-0.2, 0) is 11.3 Å². The third kappa shape index (κ3) is 2.80. The molecular formula is C15H21NO3. The maximum atomic E-state index is 12.2. The number of ether oxygens (including phenoxy) is 1. The third-order valence-corrected chi connectivity index (χ3v) is 3.80. The van der Waals surface area contributed by atoms with Gasteiger partial charge in [0.05, 0.1) is 19.7 Å². The highest BCUT2D eigenvalue weighted by Crippen LogP contribution is 2.29. The summed E-state index contributed by atoms with van der Waals surface area (Å²) in [6.45, 7) is 5.33. The molecule has 1 aliphatic rings. The zero-order valence-corrected chi connectivity index (χ0v) is 11.7. The Bertz CT molecular complexity index is 447. The number of rotatable bonds is 4.